The van der Waals surface area contributed by atoms with Crippen molar-refractivity contribution in [2.24, 2.45) is 0 Å². The van der Waals surface area contributed by atoms with E-state index in [9.17, 15) is 9.59 Å². The first-order valence-electron chi connectivity index (χ1n) is 6.32. The molecule has 2 aromatic rings. The summed E-state index contributed by atoms with van der Waals surface area (Å²) in [6, 6.07) is 10.6. The van der Waals surface area contributed by atoms with Crippen molar-refractivity contribution in [2.45, 2.75) is 6.42 Å². The molecule has 2 rings (SSSR count). The third kappa shape index (κ3) is 3.88. The Balaban J connectivity index is 2.22. The van der Waals surface area contributed by atoms with Crippen LogP contribution in [0.15, 0.2) is 47.2 Å². The van der Waals surface area contributed by atoms with E-state index in [-0.39, 0.29) is 18.2 Å². The number of hydrogen-bond acceptors (Lipinski definition) is 3. The fourth-order valence-electron chi connectivity index (χ4n) is 1.80. The Labute approximate surface area is 130 Å². The minimum atomic E-state index is -0.278. The van der Waals surface area contributed by atoms with E-state index < -0.39 is 0 Å². The fourth-order valence-corrected chi connectivity index (χ4v) is 2.23. The van der Waals surface area contributed by atoms with Gasteiger partial charge in [0.2, 0.25) is 5.91 Å². The highest BCUT2D eigenvalue weighted by Crippen LogP contribution is 2.19. The number of para-hydroxylation sites is 1. The number of halogens is 1. The van der Waals surface area contributed by atoms with Gasteiger partial charge in [-0.3, -0.25) is 9.59 Å². The normalized spacial score (nSPS) is 10.0. The molecule has 21 heavy (non-hydrogen) atoms. The van der Waals surface area contributed by atoms with Crippen LogP contribution in [0.3, 0.4) is 0 Å². The van der Waals surface area contributed by atoms with Gasteiger partial charge in [0.25, 0.3) is 5.91 Å². The van der Waals surface area contributed by atoms with Gasteiger partial charge in [-0.2, -0.15) is 0 Å². The van der Waals surface area contributed by atoms with E-state index in [4.69, 9.17) is 0 Å². The van der Waals surface area contributed by atoms with Crippen LogP contribution in [0.5, 0.6) is 0 Å². The van der Waals surface area contributed by atoms with Crippen molar-refractivity contribution in [3.63, 3.8) is 0 Å². The maximum atomic E-state index is 12.3. The average Bonchev–Trinajstić information content (AvgIpc) is 2.49. The molecule has 0 bridgehead atoms. The Morgan fingerprint density at radius 1 is 1.19 bits per heavy atom. The number of anilines is 1. The second-order valence-electron chi connectivity index (χ2n) is 4.30. The summed E-state index contributed by atoms with van der Waals surface area (Å²) in [5.74, 6) is -0.390. The maximum Gasteiger partial charge on any atom is 0.258 e. The van der Waals surface area contributed by atoms with Gasteiger partial charge in [-0.25, -0.2) is 4.98 Å². The number of rotatable bonds is 4. The standard InChI is InChI=1S/C15H14BrN3O2/c1-17-13(20)9-10-5-2-3-7-12(10)19-15(21)11-6-4-8-18-14(11)16/h2-8H,9H2,1H3,(H,17,20)(H,19,21). The number of amides is 2. The number of hydrogen-bond donors (Lipinski definition) is 2. The van der Waals surface area contributed by atoms with Crippen LogP contribution in [0.25, 0.3) is 0 Å². The van der Waals surface area contributed by atoms with Crippen molar-refractivity contribution < 1.29 is 9.59 Å². The van der Waals surface area contributed by atoms with E-state index in [1.807, 2.05) is 12.1 Å². The summed E-state index contributed by atoms with van der Waals surface area (Å²) in [5, 5.41) is 5.37. The second-order valence-corrected chi connectivity index (χ2v) is 5.05. The molecule has 108 valence electrons. The van der Waals surface area contributed by atoms with Gasteiger partial charge in [-0.05, 0) is 39.7 Å². The van der Waals surface area contributed by atoms with E-state index in [1.165, 1.54) is 0 Å². The van der Waals surface area contributed by atoms with Gasteiger partial charge in [-0.1, -0.05) is 18.2 Å². The molecule has 2 amide bonds. The van der Waals surface area contributed by atoms with Crippen molar-refractivity contribution in [2.75, 3.05) is 12.4 Å². The largest absolute Gasteiger partial charge is 0.359 e. The summed E-state index contributed by atoms with van der Waals surface area (Å²) in [6.07, 6.45) is 1.81. The van der Waals surface area contributed by atoms with Crippen molar-refractivity contribution in [3.05, 3.63) is 58.3 Å². The van der Waals surface area contributed by atoms with E-state index in [0.29, 0.717) is 15.9 Å². The number of likely N-dealkylation sites (N-methyl/N-ethyl adjacent to an activating group) is 1. The molecule has 0 aliphatic heterocycles. The molecule has 0 aliphatic carbocycles. The Morgan fingerprint density at radius 3 is 2.67 bits per heavy atom. The van der Waals surface area contributed by atoms with Gasteiger partial charge >= 0.3 is 0 Å². The highest BCUT2D eigenvalue weighted by Gasteiger charge is 2.13. The molecule has 0 spiro atoms. The second kappa shape index (κ2) is 6.99. The first kappa shape index (κ1) is 15.2. The summed E-state index contributed by atoms with van der Waals surface area (Å²) in [4.78, 5) is 27.8. The van der Waals surface area contributed by atoms with E-state index in [1.54, 1.807) is 37.5 Å². The molecular weight excluding hydrogens is 334 g/mol. The maximum absolute atomic E-state index is 12.3. The predicted molar refractivity (Wildman–Crippen MR) is 84.1 cm³/mol. The number of carbonyl (C=O) groups is 2. The molecule has 0 unspecified atom stereocenters. The summed E-state index contributed by atoms with van der Waals surface area (Å²) >= 11 is 3.24. The zero-order valence-corrected chi connectivity index (χ0v) is 13.0. The van der Waals surface area contributed by atoms with E-state index in [2.05, 4.69) is 31.5 Å². The number of pyridine rings is 1. The van der Waals surface area contributed by atoms with Crippen LogP contribution in [0.4, 0.5) is 5.69 Å². The third-order valence-corrected chi connectivity index (χ3v) is 3.53. The van der Waals surface area contributed by atoms with Crippen molar-refractivity contribution in [1.29, 1.82) is 0 Å². The minimum absolute atomic E-state index is 0.112. The number of nitrogens with zero attached hydrogens (tertiary/aromatic N) is 1. The van der Waals surface area contributed by atoms with Gasteiger partial charge in [0.1, 0.15) is 4.60 Å². The lowest BCUT2D eigenvalue weighted by molar-refractivity contribution is -0.119. The van der Waals surface area contributed by atoms with Gasteiger partial charge in [0.05, 0.1) is 12.0 Å². The molecule has 1 aromatic carbocycles. The average molecular weight is 348 g/mol. The Morgan fingerprint density at radius 2 is 1.95 bits per heavy atom. The topological polar surface area (TPSA) is 71.1 Å². The van der Waals surface area contributed by atoms with Crippen LogP contribution < -0.4 is 10.6 Å². The van der Waals surface area contributed by atoms with Gasteiger partial charge in [-0.15, -0.1) is 0 Å². The van der Waals surface area contributed by atoms with Crippen LogP contribution in [0.1, 0.15) is 15.9 Å². The molecule has 0 saturated heterocycles. The molecule has 0 atom stereocenters. The minimum Gasteiger partial charge on any atom is -0.359 e. The number of aromatic nitrogens is 1. The summed E-state index contributed by atoms with van der Waals surface area (Å²) in [5.41, 5.74) is 1.80. The molecule has 5 nitrogen and oxygen atoms in total. The highest BCUT2D eigenvalue weighted by molar-refractivity contribution is 9.10. The molecule has 0 saturated carbocycles. The molecule has 0 aliphatic rings. The lowest BCUT2D eigenvalue weighted by atomic mass is 10.1. The number of benzene rings is 1. The Bertz CT molecular complexity index is 673. The van der Waals surface area contributed by atoms with Gasteiger partial charge in [0, 0.05) is 18.9 Å². The van der Waals surface area contributed by atoms with Gasteiger partial charge in [0.15, 0.2) is 0 Å². The first-order valence-corrected chi connectivity index (χ1v) is 7.11. The Hall–Kier alpha value is -2.21. The van der Waals surface area contributed by atoms with Crippen molar-refractivity contribution in [1.82, 2.24) is 10.3 Å². The third-order valence-electron chi connectivity index (χ3n) is 2.90. The van der Waals surface area contributed by atoms with Crippen molar-refractivity contribution in [3.8, 4) is 0 Å². The molecular formula is C15H14BrN3O2. The molecule has 2 N–H and O–H groups in total. The van der Waals surface area contributed by atoms with Crippen molar-refractivity contribution >= 4 is 33.4 Å². The van der Waals surface area contributed by atoms with Crippen LogP contribution in [-0.2, 0) is 11.2 Å². The quantitative estimate of drug-likeness (QED) is 0.834. The Kier molecular flexibility index (Phi) is 5.05. The van der Waals surface area contributed by atoms with Crippen LogP contribution in [-0.4, -0.2) is 23.8 Å². The SMILES string of the molecule is CNC(=O)Cc1ccccc1NC(=O)c1cccnc1Br. The summed E-state index contributed by atoms with van der Waals surface area (Å²) in [6.45, 7) is 0. The summed E-state index contributed by atoms with van der Waals surface area (Å²) < 4.78 is 0.478. The van der Waals surface area contributed by atoms with E-state index >= 15 is 0 Å². The highest BCUT2D eigenvalue weighted by atomic mass is 79.9. The first-order chi connectivity index (χ1) is 10.1. The lowest BCUT2D eigenvalue weighted by Gasteiger charge is -2.11. The smallest absolute Gasteiger partial charge is 0.258 e. The van der Waals surface area contributed by atoms with Crippen LogP contribution in [0, 0.1) is 0 Å². The zero-order valence-electron chi connectivity index (χ0n) is 11.4. The number of nitrogens with one attached hydrogen (secondary N) is 2. The fraction of sp³-hybridized carbons (Fsp3) is 0.133. The molecule has 0 radical (unpaired) electrons. The lowest BCUT2D eigenvalue weighted by Crippen LogP contribution is -2.21. The monoisotopic (exact) mass is 347 g/mol. The molecule has 1 aromatic heterocycles. The molecule has 6 heteroatoms. The molecule has 1 heterocycles. The van der Waals surface area contributed by atoms with Gasteiger partial charge < -0.3 is 10.6 Å². The van der Waals surface area contributed by atoms with Crippen LogP contribution >= 0.6 is 15.9 Å². The zero-order chi connectivity index (χ0) is 15.2. The van der Waals surface area contributed by atoms with E-state index in [0.717, 1.165) is 5.56 Å². The number of carbonyl (C=O) groups excluding carboxylic acids is 2. The predicted octanol–water partition coefficient (Wildman–Crippen LogP) is 2.38. The summed E-state index contributed by atoms with van der Waals surface area (Å²) in [7, 11) is 1.58. The molecule has 0 fully saturated rings. The van der Waals surface area contributed by atoms with Crippen LogP contribution in [0.2, 0.25) is 0 Å².